The van der Waals surface area contributed by atoms with Gasteiger partial charge in [0.2, 0.25) is 0 Å². The summed E-state index contributed by atoms with van der Waals surface area (Å²) in [7, 11) is 3.51. The van der Waals surface area contributed by atoms with Crippen LogP contribution in [0.1, 0.15) is 11.1 Å². The van der Waals surface area contributed by atoms with E-state index in [4.69, 9.17) is 0 Å². The molecule has 0 bridgehead atoms. The van der Waals surface area contributed by atoms with Gasteiger partial charge >= 0.3 is 0 Å². The summed E-state index contributed by atoms with van der Waals surface area (Å²) in [6, 6.07) is 17.8. The van der Waals surface area contributed by atoms with E-state index in [0.717, 1.165) is 23.0 Å². The largest absolute Gasteiger partial charge is 0.236 e. The molecule has 1 aromatic heterocycles. The normalized spacial score (nSPS) is 10.6. The van der Waals surface area contributed by atoms with E-state index in [-0.39, 0.29) is 0 Å². The lowest BCUT2D eigenvalue weighted by molar-refractivity contribution is 1.14. The van der Waals surface area contributed by atoms with E-state index in [9.17, 15) is 0 Å². The Morgan fingerprint density at radius 1 is 0.762 bits per heavy atom. The molecule has 0 atom stereocenters. The van der Waals surface area contributed by atoms with E-state index in [2.05, 4.69) is 68.7 Å². The predicted octanol–water partition coefficient (Wildman–Crippen LogP) is 3.79. The average molecular weight is 287 g/mol. The summed E-state index contributed by atoms with van der Waals surface area (Å²) in [4.78, 5) is 8.71. The van der Waals surface area contributed by atoms with Gasteiger partial charge in [0, 0.05) is 28.2 Å². The second kappa shape index (κ2) is 6.02. The molecule has 0 fully saturated rings. The molecular weight excluding hydrogens is 272 g/mol. The molecular formula is C18H15N2Si. The maximum Gasteiger partial charge on any atom is 0.159 e. The number of hydrogen-bond acceptors (Lipinski definition) is 2. The molecule has 3 aromatic rings. The fourth-order valence-electron chi connectivity index (χ4n) is 2.17. The monoisotopic (exact) mass is 287 g/mol. The van der Waals surface area contributed by atoms with Crippen molar-refractivity contribution in [2.24, 2.45) is 0 Å². The van der Waals surface area contributed by atoms with Crippen molar-refractivity contribution < 1.29 is 0 Å². The van der Waals surface area contributed by atoms with E-state index in [1.807, 2.05) is 19.3 Å². The van der Waals surface area contributed by atoms with Gasteiger partial charge in [-0.3, -0.25) is 0 Å². The van der Waals surface area contributed by atoms with Crippen molar-refractivity contribution in [1.29, 1.82) is 0 Å². The SMILES string of the molecule is Cc1cnc(-c2ccc(-c3ccc(C[Si])cc3)cc2)nc1. The molecule has 101 valence electrons. The molecule has 0 spiro atoms. The summed E-state index contributed by atoms with van der Waals surface area (Å²) in [5.41, 5.74) is 5.80. The zero-order chi connectivity index (χ0) is 14.7. The molecule has 0 unspecified atom stereocenters. The summed E-state index contributed by atoms with van der Waals surface area (Å²) < 4.78 is 0. The molecule has 0 aliphatic rings. The Bertz CT molecular complexity index is 717. The lowest BCUT2D eigenvalue weighted by Gasteiger charge is -2.05. The number of nitrogens with zero attached hydrogens (tertiary/aromatic N) is 2. The minimum atomic E-state index is 0.765. The Morgan fingerprint density at radius 3 is 1.76 bits per heavy atom. The van der Waals surface area contributed by atoms with Gasteiger partial charge in [-0.05, 0) is 29.7 Å². The van der Waals surface area contributed by atoms with Crippen molar-refractivity contribution in [3.8, 4) is 22.5 Å². The average Bonchev–Trinajstić information content (AvgIpc) is 2.56. The first-order valence-electron chi connectivity index (χ1n) is 6.89. The summed E-state index contributed by atoms with van der Waals surface area (Å²) in [6.45, 7) is 1.99. The van der Waals surface area contributed by atoms with E-state index in [0.29, 0.717) is 0 Å². The first kappa shape index (κ1) is 13.7. The van der Waals surface area contributed by atoms with E-state index < -0.39 is 0 Å². The zero-order valence-corrected chi connectivity index (χ0v) is 12.9. The highest BCUT2D eigenvalue weighted by Gasteiger charge is 2.02. The van der Waals surface area contributed by atoms with Gasteiger partial charge < -0.3 is 0 Å². The van der Waals surface area contributed by atoms with Crippen LogP contribution in [0.3, 0.4) is 0 Å². The third kappa shape index (κ3) is 3.08. The molecule has 0 N–H and O–H groups in total. The van der Waals surface area contributed by atoms with Crippen molar-refractivity contribution in [2.75, 3.05) is 0 Å². The van der Waals surface area contributed by atoms with Crippen molar-refractivity contribution >= 4 is 10.2 Å². The maximum absolute atomic E-state index is 4.36. The van der Waals surface area contributed by atoms with Gasteiger partial charge in [-0.2, -0.15) is 0 Å². The van der Waals surface area contributed by atoms with Crippen LogP contribution in [0, 0.1) is 6.92 Å². The summed E-state index contributed by atoms with van der Waals surface area (Å²) in [6.07, 6.45) is 3.68. The molecule has 0 saturated carbocycles. The fraction of sp³-hybridized carbons (Fsp3) is 0.111. The second-order valence-electron chi connectivity index (χ2n) is 5.04. The second-order valence-corrected chi connectivity index (χ2v) is 5.39. The molecule has 2 nitrogen and oxygen atoms in total. The van der Waals surface area contributed by atoms with Crippen LogP contribution in [0.4, 0.5) is 0 Å². The highest BCUT2D eigenvalue weighted by Crippen LogP contribution is 2.23. The maximum atomic E-state index is 4.36. The van der Waals surface area contributed by atoms with Crippen molar-refractivity contribution in [3.63, 3.8) is 0 Å². The third-order valence-electron chi connectivity index (χ3n) is 3.42. The van der Waals surface area contributed by atoms with Crippen LogP contribution >= 0.6 is 0 Å². The Balaban J connectivity index is 1.87. The van der Waals surface area contributed by atoms with Crippen LogP contribution in [0.2, 0.25) is 0 Å². The van der Waals surface area contributed by atoms with Gasteiger partial charge in [0.05, 0.1) is 0 Å². The molecule has 3 rings (SSSR count). The number of rotatable bonds is 3. The number of aryl methyl sites for hydroxylation is 1. The molecule has 0 aliphatic heterocycles. The number of aromatic nitrogens is 2. The molecule has 21 heavy (non-hydrogen) atoms. The number of benzene rings is 2. The first-order chi connectivity index (χ1) is 10.3. The van der Waals surface area contributed by atoms with Crippen LogP contribution in [-0.2, 0) is 6.04 Å². The number of hydrogen-bond donors (Lipinski definition) is 0. The molecule has 2 aromatic carbocycles. The minimum absolute atomic E-state index is 0.765. The topological polar surface area (TPSA) is 25.8 Å². The first-order valence-corrected chi connectivity index (χ1v) is 7.60. The molecule has 0 aliphatic carbocycles. The highest BCUT2D eigenvalue weighted by atomic mass is 28.1. The molecule has 0 amide bonds. The zero-order valence-electron chi connectivity index (χ0n) is 11.9. The van der Waals surface area contributed by atoms with Crippen LogP contribution in [0.5, 0.6) is 0 Å². The van der Waals surface area contributed by atoms with Crippen molar-refractivity contribution in [1.82, 2.24) is 9.97 Å². The smallest absolute Gasteiger partial charge is 0.159 e. The Morgan fingerprint density at radius 2 is 1.24 bits per heavy atom. The van der Waals surface area contributed by atoms with Gasteiger partial charge in [0.25, 0.3) is 0 Å². The van der Waals surface area contributed by atoms with E-state index >= 15 is 0 Å². The fourth-order valence-corrected chi connectivity index (χ4v) is 2.40. The molecule has 3 heteroatoms. The van der Waals surface area contributed by atoms with E-state index in [1.165, 1.54) is 16.7 Å². The Labute approximate surface area is 128 Å². The lowest BCUT2D eigenvalue weighted by Crippen LogP contribution is -1.89. The van der Waals surface area contributed by atoms with Crippen molar-refractivity contribution in [2.45, 2.75) is 13.0 Å². The molecule has 0 saturated heterocycles. The minimum Gasteiger partial charge on any atom is -0.236 e. The Hall–Kier alpha value is -2.26. The predicted molar refractivity (Wildman–Crippen MR) is 87.1 cm³/mol. The van der Waals surface area contributed by atoms with Gasteiger partial charge in [0.1, 0.15) is 0 Å². The van der Waals surface area contributed by atoms with Gasteiger partial charge in [-0.15, -0.1) is 0 Å². The van der Waals surface area contributed by atoms with Crippen LogP contribution in [0.15, 0.2) is 60.9 Å². The van der Waals surface area contributed by atoms with E-state index in [1.54, 1.807) is 0 Å². The third-order valence-corrected chi connectivity index (χ3v) is 3.82. The summed E-state index contributed by atoms with van der Waals surface area (Å²) in [5.74, 6) is 0.765. The van der Waals surface area contributed by atoms with Crippen LogP contribution in [0.25, 0.3) is 22.5 Å². The quantitative estimate of drug-likeness (QED) is 0.685. The summed E-state index contributed by atoms with van der Waals surface area (Å²) >= 11 is 0. The Kier molecular flexibility index (Phi) is 3.93. The highest BCUT2D eigenvalue weighted by molar-refractivity contribution is 6.08. The van der Waals surface area contributed by atoms with Crippen LogP contribution in [-0.4, -0.2) is 20.2 Å². The molecule has 1 heterocycles. The van der Waals surface area contributed by atoms with Gasteiger partial charge in [-0.25, -0.2) is 9.97 Å². The van der Waals surface area contributed by atoms with Crippen LogP contribution < -0.4 is 0 Å². The summed E-state index contributed by atoms with van der Waals surface area (Å²) in [5, 5.41) is 0. The van der Waals surface area contributed by atoms with Crippen molar-refractivity contribution in [3.05, 3.63) is 72.1 Å². The van der Waals surface area contributed by atoms with Gasteiger partial charge in [-0.1, -0.05) is 54.1 Å². The standard InChI is InChI=1S/C18H15N2Si/c1-13-10-19-18(20-11-13)17-8-6-16(7-9-17)15-4-2-14(12-21)3-5-15/h2-11H,12H2,1H3. The molecule has 3 radical (unpaired) electrons. The van der Waals surface area contributed by atoms with Gasteiger partial charge in [0.15, 0.2) is 5.82 Å². The lowest BCUT2D eigenvalue weighted by atomic mass is 10.0.